The number of carbonyl (C=O) groups is 1. The van der Waals surface area contributed by atoms with E-state index in [1.54, 1.807) is 6.92 Å². The van der Waals surface area contributed by atoms with Crippen molar-refractivity contribution >= 4 is 5.97 Å². The molecule has 4 heteroatoms. The molecule has 0 heterocycles. The predicted octanol–water partition coefficient (Wildman–Crippen LogP) is 2.14. The Morgan fingerprint density at radius 2 is 2.08 bits per heavy atom. The lowest BCUT2D eigenvalue weighted by Crippen LogP contribution is -2.34. The summed E-state index contributed by atoms with van der Waals surface area (Å²) in [6.07, 6.45) is -0.283. The number of aliphatic carboxylic acids is 1. The molecule has 0 aromatic rings. The van der Waals surface area contributed by atoms with Gasteiger partial charge in [0.05, 0.1) is 5.92 Å². The van der Waals surface area contributed by atoms with Crippen molar-refractivity contribution in [3.8, 4) is 0 Å². The molecule has 2 atom stereocenters. The highest BCUT2D eigenvalue weighted by molar-refractivity contribution is 5.70. The van der Waals surface area contributed by atoms with Crippen LogP contribution in [-0.2, 0) is 4.79 Å². The van der Waals surface area contributed by atoms with Crippen molar-refractivity contribution in [3.63, 3.8) is 0 Å². The van der Waals surface area contributed by atoms with Gasteiger partial charge >= 0.3 is 5.97 Å². The lowest BCUT2D eigenvalue weighted by Gasteiger charge is -2.30. The lowest BCUT2D eigenvalue weighted by atomic mass is 9.80. The second kappa shape index (κ2) is 2.99. The number of carboxylic acids is 1. The van der Waals surface area contributed by atoms with Crippen molar-refractivity contribution in [2.45, 2.75) is 32.1 Å². The number of carboxylic acid groups (broad SMARTS) is 1. The molecule has 0 aromatic heterocycles. The van der Waals surface area contributed by atoms with Crippen LogP contribution in [0.5, 0.6) is 0 Å². The van der Waals surface area contributed by atoms with Gasteiger partial charge in [-0.2, -0.15) is 0 Å². The standard InChI is InChI=1S/C8H12F2O2/c1-5-2-6(7(11)12)4-8(9,10)3-5/h5-6H,2-4H2,1H3,(H,11,12)/t5-,6+/m1/s1. The monoisotopic (exact) mass is 178 g/mol. The van der Waals surface area contributed by atoms with Crippen molar-refractivity contribution in [2.24, 2.45) is 11.8 Å². The fourth-order valence-electron chi connectivity index (χ4n) is 1.79. The minimum Gasteiger partial charge on any atom is -0.481 e. The van der Waals surface area contributed by atoms with Gasteiger partial charge < -0.3 is 5.11 Å². The van der Waals surface area contributed by atoms with Crippen LogP contribution >= 0.6 is 0 Å². The molecule has 0 spiro atoms. The molecule has 0 saturated heterocycles. The van der Waals surface area contributed by atoms with E-state index in [-0.39, 0.29) is 12.3 Å². The Kier molecular flexibility index (Phi) is 2.35. The number of alkyl halides is 2. The number of rotatable bonds is 1. The first kappa shape index (κ1) is 9.42. The van der Waals surface area contributed by atoms with E-state index < -0.39 is 24.2 Å². The van der Waals surface area contributed by atoms with E-state index in [0.717, 1.165) is 0 Å². The summed E-state index contributed by atoms with van der Waals surface area (Å²) in [6.45, 7) is 1.67. The zero-order valence-corrected chi connectivity index (χ0v) is 6.89. The minimum atomic E-state index is -2.78. The van der Waals surface area contributed by atoms with Gasteiger partial charge in [-0.3, -0.25) is 4.79 Å². The minimum absolute atomic E-state index is 0.170. The van der Waals surface area contributed by atoms with Gasteiger partial charge in [-0.25, -0.2) is 8.78 Å². The highest BCUT2D eigenvalue weighted by atomic mass is 19.3. The second-order valence-electron chi connectivity index (χ2n) is 3.64. The van der Waals surface area contributed by atoms with Crippen LogP contribution in [0.25, 0.3) is 0 Å². The molecule has 70 valence electrons. The van der Waals surface area contributed by atoms with E-state index in [2.05, 4.69) is 0 Å². The molecular weight excluding hydrogens is 166 g/mol. The van der Waals surface area contributed by atoms with Gasteiger partial charge in [0.25, 0.3) is 0 Å². The molecule has 0 bridgehead atoms. The molecule has 2 nitrogen and oxygen atoms in total. The smallest absolute Gasteiger partial charge is 0.306 e. The molecule has 1 fully saturated rings. The van der Waals surface area contributed by atoms with Gasteiger partial charge in [-0.1, -0.05) is 6.92 Å². The van der Waals surface area contributed by atoms with Crippen molar-refractivity contribution in [1.29, 1.82) is 0 Å². The molecule has 1 aliphatic carbocycles. The number of halogens is 2. The molecule has 0 aromatic carbocycles. The molecular formula is C8H12F2O2. The van der Waals surface area contributed by atoms with Crippen molar-refractivity contribution < 1.29 is 18.7 Å². The molecule has 1 aliphatic rings. The van der Waals surface area contributed by atoms with Gasteiger partial charge in [-0.05, 0) is 12.3 Å². The first-order valence-corrected chi connectivity index (χ1v) is 4.01. The summed E-state index contributed by atoms with van der Waals surface area (Å²) >= 11 is 0. The van der Waals surface area contributed by atoms with E-state index in [9.17, 15) is 13.6 Å². The molecule has 0 unspecified atom stereocenters. The maximum absolute atomic E-state index is 12.8. The van der Waals surface area contributed by atoms with Gasteiger partial charge in [0.15, 0.2) is 0 Å². The first-order valence-electron chi connectivity index (χ1n) is 4.01. The van der Waals surface area contributed by atoms with Crippen LogP contribution in [0.15, 0.2) is 0 Å². The van der Waals surface area contributed by atoms with E-state index >= 15 is 0 Å². The van der Waals surface area contributed by atoms with Crippen molar-refractivity contribution in [1.82, 2.24) is 0 Å². The quantitative estimate of drug-likeness (QED) is 0.667. The fraction of sp³-hybridized carbons (Fsp3) is 0.875. The summed E-state index contributed by atoms with van der Waals surface area (Å²) in [6, 6.07) is 0. The first-order chi connectivity index (χ1) is 5.41. The summed E-state index contributed by atoms with van der Waals surface area (Å²) in [5.41, 5.74) is 0. The van der Waals surface area contributed by atoms with Crippen LogP contribution in [0.3, 0.4) is 0 Å². The van der Waals surface area contributed by atoms with Crippen LogP contribution in [0.2, 0.25) is 0 Å². The van der Waals surface area contributed by atoms with Crippen LogP contribution in [0.4, 0.5) is 8.78 Å². The number of hydrogen-bond donors (Lipinski definition) is 1. The molecule has 0 aliphatic heterocycles. The summed E-state index contributed by atoms with van der Waals surface area (Å²) in [7, 11) is 0. The zero-order chi connectivity index (χ0) is 9.35. The summed E-state index contributed by atoms with van der Waals surface area (Å²) in [5, 5.41) is 8.55. The normalized spacial score (nSPS) is 34.6. The summed E-state index contributed by atoms with van der Waals surface area (Å²) in [4.78, 5) is 10.5. The maximum Gasteiger partial charge on any atom is 0.306 e. The topological polar surface area (TPSA) is 37.3 Å². The van der Waals surface area contributed by atoms with Crippen LogP contribution < -0.4 is 0 Å². The Hall–Kier alpha value is -0.670. The molecule has 1 rings (SSSR count). The van der Waals surface area contributed by atoms with Gasteiger partial charge in [0.2, 0.25) is 5.92 Å². The second-order valence-corrected chi connectivity index (χ2v) is 3.64. The summed E-state index contributed by atoms with van der Waals surface area (Å²) < 4.78 is 25.6. The number of hydrogen-bond acceptors (Lipinski definition) is 1. The van der Waals surface area contributed by atoms with Crippen LogP contribution in [-0.4, -0.2) is 17.0 Å². The molecule has 1 saturated carbocycles. The van der Waals surface area contributed by atoms with Gasteiger partial charge in [0.1, 0.15) is 0 Å². The highest BCUT2D eigenvalue weighted by Gasteiger charge is 2.42. The van der Waals surface area contributed by atoms with E-state index in [4.69, 9.17) is 5.11 Å². The third-order valence-electron chi connectivity index (χ3n) is 2.23. The molecule has 12 heavy (non-hydrogen) atoms. The Bertz CT molecular complexity index is 191. The average molecular weight is 178 g/mol. The largest absolute Gasteiger partial charge is 0.481 e. The van der Waals surface area contributed by atoms with Crippen LogP contribution in [0.1, 0.15) is 26.2 Å². The summed E-state index contributed by atoms with van der Waals surface area (Å²) in [5.74, 6) is -4.92. The molecule has 0 amide bonds. The zero-order valence-electron chi connectivity index (χ0n) is 6.89. The Labute approximate surface area is 69.6 Å². The maximum atomic E-state index is 12.8. The Balaban J connectivity index is 2.64. The SMILES string of the molecule is C[C@@H]1C[C@H](C(=O)O)CC(F)(F)C1. The van der Waals surface area contributed by atoms with E-state index in [1.807, 2.05) is 0 Å². The van der Waals surface area contributed by atoms with E-state index in [0.29, 0.717) is 6.42 Å². The molecule has 1 N–H and O–H groups in total. The fourth-order valence-corrected chi connectivity index (χ4v) is 1.79. The predicted molar refractivity (Wildman–Crippen MR) is 39.1 cm³/mol. The highest BCUT2D eigenvalue weighted by Crippen LogP contribution is 2.39. The van der Waals surface area contributed by atoms with E-state index in [1.165, 1.54) is 0 Å². The van der Waals surface area contributed by atoms with Crippen molar-refractivity contribution in [3.05, 3.63) is 0 Å². The third kappa shape index (κ3) is 2.16. The van der Waals surface area contributed by atoms with Gasteiger partial charge in [0, 0.05) is 12.8 Å². The third-order valence-corrected chi connectivity index (χ3v) is 2.23. The Morgan fingerprint density at radius 3 is 2.50 bits per heavy atom. The molecule has 0 radical (unpaired) electrons. The lowest BCUT2D eigenvalue weighted by molar-refractivity contribution is -0.151. The average Bonchev–Trinajstić information content (AvgIpc) is 1.82. The van der Waals surface area contributed by atoms with Crippen LogP contribution in [0, 0.1) is 11.8 Å². The van der Waals surface area contributed by atoms with Gasteiger partial charge in [-0.15, -0.1) is 0 Å². The Morgan fingerprint density at radius 1 is 1.50 bits per heavy atom. The van der Waals surface area contributed by atoms with Crippen molar-refractivity contribution in [2.75, 3.05) is 0 Å².